The molecule has 2 rings (SSSR count). The first-order valence-electron chi connectivity index (χ1n) is 5.96. The van der Waals surface area contributed by atoms with E-state index in [1.807, 2.05) is 0 Å². The number of hydrogen-bond donors (Lipinski definition) is 1. The lowest BCUT2D eigenvalue weighted by Crippen LogP contribution is -2.17. The second-order valence-corrected chi connectivity index (χ2v) is 4.29. The minimum absolute atomic E-state index is 0.0926. The van der Waals surface area contributed by atoms with Gasteiger partial charge < -0.3 is 9.84 Å². The number of ether oxygens (including phenoxy) is 1. The quantitative estimate of drug-likeness (QED) is 0.878. The Bertz CT molecular complexity index is 701. The van der Waals surface area contributed by atoms with E-state index >= 15 is 0 Å². The maximum absolute atomic E-state index is 13.7. The molecule has 0 aliphatic rings. The van der Waals surface area contributed by atoms with Crippen molar-refractivity contribution in [3.63, 3.8) is 0 Å². The zero-order valence-corrected chi connectivity index (χ0v) is 10.9. The first-order valence-corrected chi connectivity index (χ1v) is 5.96. The van der Waals surface area contributed by atoms with Crippen molar-refractivity contribution < 1.29 is 32.2 Å². The average Bonchev–Trinajstić information content (AvgIpc) is 2.39. The van der Waals surface area contributed by atoms with Crippen LogP contribution in [0.4, 0.5) is 17.6 Å². The summed E-state index contributed by atoms with van der Waals surface area (Å²) in [4.78, 5) is 14.4. The zero-order valence-electron chi connectivity index (χ0n) is 10.9. The van der Waals surface area contributed by atoms with E-state index in [9.17, 15) is 22.4 Å². The maximum Gasteiger partial charge on any atom is 0.573 e. The molecule has 0 fully saturated rings. The smallest absolute Gasteiger partial charge is 0.481 e. The highest BCUT2D eigenvalue weighted by atomic mass is 19.4. The van der Waals surface area contributed by atoms with Crippen molar-refractivity contribution in [2.75, 3.05) is 0 Å². The van der Waals surface area contributed by atoms with E-state index in [4.69, 9.17) is 5.11 Å². The van der Waals surface area contributed by atoms with Crippen LogP contribution >= 0.6 is 0 Å². The summed E-state index contributed by atoms with van der Waals surface area (Å²) in [6.07, 6.45) is -3.44. The maximum atomic E-state index is 13.7. The van der Waals surface area contributed by atoms with Crippen molar-refractivity contribution in [3.05, 3.63) is 48.0 Å². The van der Waals surface area contributed by atoms with Gasteiger partial charge in [0.1, 0.15) is 11.6 Å². The number of pyridine rings is 1. The molecule has 4 nitrogen and oxygen atoms in total. The molecule has 0 spiro atoms. The van der Waals surface area contributed by atoms with Gasteiger partial charge in [0.25, 0.3) is 0 Å². The number of aliphatic carboxylic acids is 1. The van der Waals surface area contributed by atoms with Gasteiger partial charge in [-0.15, -0.1) is 13.2 Å². The fraction of sp³-hybridized carbons (Fsp3) is 0.143. The molecule has 0 aliphatic heterocycles. The standard InChI is InChI=1S/C14H9F4NO3/c15-12-7-19-6-11(10(12)5-13(20)21)8-2-1-3-9(4-8)22-14(16,17)18/h1-4,6-7H,5H2,(H,20,21). The number of alkyl halides is 3. The van der Waals surface area contributed by atoms with Crippen LogP contribution in [0.25, 0.3) is 11.1 Å². The lowest BCUT2D eigenvalue weighted by atomic mass is 9.99. The van der Waals surface area contributed by atoms with Gasteiger partial charge in [-0.3, -0.25) is 9.78 Å². The van der Waals surface area contributed by atoms with Crippen molar-refractivity contribution in [2.24, 2.45) is 0 Å². The van der Waals surface area contributed by atoms with Gasteiger partial charge in [-0.1, -0.05) is 12.1 Å². The second-order valence-electron chi connectivity index (χ2n) is 4.29. The lowest BCUT2D eigenvalue weighted by Gasteiger charge is -2.12. The average molecular weight is 315 g/mol. The van der Waals surface area contributed by atoms with Gasteiger partial charge in [-0.05, 0) is 17.7 Å². The summed E-state index contributed by atoms with van der Waals surface area (Å²) in [5.74, 6) is -2.60. The van der Waals surface area contributed by atoms with Gasteiger partial charge in [-0.25, -0.2) is 4.39 Å². The molecule has 0 atom stereocenters. The van der Waals surface area contributed by atoms with Crippen LogP contribution in [0, 0.1) is 5.82 Å². The topological polar surface area (TPSA) is 59.4 Å². The molecule has 1 aromatic heterocycles. The Morgan fingerprint density at radius 1 is 1.27 bits per heavy atom. The van der Waals surface area contributed by atoms with Crippen LogP contribution in [0.2, 0.25) is 0 Å². The number of aromatic nitrogens is 1. The fourth-order valence-electron chi connectivity index (χ4n) is 1.90. The van der Waals surface area contributed by atoms with Crippen LogP contribution in [0.15, 0.2) is 36.7 Å². The normalized spacial score (nSPS) is 11.3. The number of carboxylic acid groups (broad SMARTS) is 1. The Kier molecular flexibility index (Phi) is 4.30. The highest BCUT2D eigenvalue weighted by molar-refractivity contribution is 5.76. The number of benzene rings is 1. The largest absolute Gasteiger partial charge is 0.573 e. The summed E-state index contributed by atoms with van der Waals surface area (Å²) >= 11 is 0. The van der Waals surface area contributed by atoms with Crippen molar-refractivity contribution in [1.82, 2.24) is 4.98 Å². The van der Waals surface area contributed by atoms with Gasteiger partial charge in [0.2, 0.25) is 0 Å². The molecule has 0 saturated carbocycles. The minimum Gasteiger partial charge on any atom is -0.481 e. The van der Waals surface area contributed by atoms with Gasteiger partial charge in [0.15, 0.2) is 0 Å². The number of carbonyl (C=O) groups is 1. The van der Waals surface area contributed by atoms with Crippen molar-refractivity contribution in [3.8, 4) is 16.9 Å². The van der Waals surface area contributed by atoms with Crippen LogP contribution in [0.3, 0.4) is 0 Å². The molecule has 116 valence electrons. The molecular weight excluding hydrogens is 306 g/mol. The molecular formula is C14H9F4NO3. The van der Waals surface area contributed by atoms with E-state index in [-0.39, 0.29) is 16.7 Å². The summed E-state index contributed by atoms with van der Waals surface area (Å²) in [6.45, 7) is 0. The van der Waals surface area contributed by atoms with Gasteiger partial charge in [0.05, 0.1) is 12.6 Å². The molecule has 1 aromatic carbocycles. The van der Waals surface area contributed by atoms with E-state index in [2.05, 4.69) is 9.72 Å². The fourth-order valence-corrected chi connectivity index (χ4v) is 1.90. The Morgan fingerprint density at radius 2 is 2.00 bits per heavy atom. The van der Waals surface area contributed by atoms with E-state index in [1.54, 1.807) is 0 Å². The highest BCUT2D eigenvalue weighted by Crippen LogP contribution is 2.30. The van der Waals surface area contributed by atoms with Gasteiger partial charge in [0, 0.05) is 17.3 Å². The van der Waals surface area contributed by atoms with Crippen molar-refractivity contribution >= 4 is 5.97 Å². The van der Waals surface area contributed by atoms with Crippen molar-refractivity contribution in [1.29, 1.82) is 0 Å². The van der Waals surface area contributed by atoms with E-state index in [1.165, 1.54) is 18.3 Å². The van der Waals surface area contributed by atoms with Crippen LogP contribution in [0.1, 0.15) is 5.56 Å². The van der Waals surface area contributed by atoms with Crippen LogP contribution < -0.4 is 4.74 Å². The number of carboxylic acids is 1. The molecule has 1 N–H and O–H groups in total. The third kappa shape index (κ3) is 3.94. The van der Waals surface area contributed by atoms with E-state index in [0.29, 0.717) is 0 Å². The molecule has 0 aliphatic carbocycles. The molecule has 2 aromatic rings. The Hall–Kier alpha value is -2.64. The molecule has 22 heavy (non-hydrogen) atoms. The molecule has 0 unspecified atom stereocenters. The van der Waals surface area contributed by atoms with E-state index < -0.39 is 30.3 Å². The molecule has 0 saturated heterocycles. The SMILES string of the molecule is O=C(O)Cc1c(F)cncc1-c1cccc(OC(F)(F)F)c1. The van der Waals surface area contributed by atoms with Crippen LogP contribution in [-0.4, -0.2) is 22.4 Å². The Morgan fingerprint density at radius 3 is 2.64 bits per heavy atom. The highest BCUT2D eigenvalue weighted by Gasteiger charge is 2.31. The molecule has 1 heterocycles. The zero-order chi connectivity index (χ0) is 16.3. The summed E-state index contributed by atoms with van der Waals surface area (Å²) in [7, 11) is 0. The predicted octanol–water partition coefficient (Wildman–Crippen LogP) is 3.41. The Labute approximate surface area is 122 Å². The number of rotatable bonds is 4. The van der Waals surface area contributed by atoms with Crippen LogP contribution in [-0.2, 0) is 11.2 Å². The summed E-state index contributed by atoms with van der Waals surface area (Å²) in [6, 6.07) is 4.81. The lowest BCUT2D eigenvalue weighted by molar-refractivity contribution is -0.274. The molecule has 8 heteroatoms. The monoisotopic (exact) mass is 315 g/mol. The first kappa shape index (κ1) is 15.7. The summed E-state index contributed by atoms with van der Waals surface area (Å²) in [5, 5.41) is 8.81. The second kappa shape index (κ2) is 6.00. The Balaban J connectivity index is 2.46. The first-order chi connectivity index (χ1) is 10.3. The van der Waals surface area contributed by atoms with Crippen molar-refractivity contribution in [2.45, 2.75) is 12.8 Å². The van der Waals surface area contributed by atoms with Crippen LogP contribution in [0.5, 0.6) is 5.75 Å². The predicted molar refractivity (Wildman–Crippen MR) is 67.7 cm³/mol. The molecule has 0 bridgehead atoms. The number of nitrogens with zero attached hydrogens (tertiary/aromatic N) is 1. The third-order valence-electron chi connectivity index (χ3n) is 2.71. The minimum atomic E-state index is -4.86. The molecule has 0 amide bonds. The summed E-state index contributed by atoms with van der Waals surface area (Å²) in [5.41, 5.74) is 0.103. The van der Waals surface area contributed by atoms with Gasteiger partial charge in [-0.2, -0.15) is 0 Å². The summed E-state index contributed by atoms with van der Waals surface area (Å²) < 4.78 is 54.2. The third-order valence-corrected chi connectivity index (χ3v) is 2.71. The number of halogens is 4. The molecule has 0 radical (unpaired) electrons. The van der Waals surface area contributed by atoms with E-state index in [0.717, 1.165) is 18.3 Å². The van der Waals surface area contributed by atoms with Gasteiger partial charge >= 0.3 is 12.3 Å². The number of hydrogen-bond acceptors (Lipinski definition) is 3.